The van der Waals surface area contributed by atoms with Crippen molar-refractivity contribution in [1.82, 2.24) is 19.9 Å². The molecule has 0 fully saturated rings. The third kappa shape index (κ3) is 2.04. The average molecular weight is 473 g/mol. The first-order valence-corrected chi connectivity index (χ1v) is 12.4. The summed E-state index contributed by atoms with van der Waals surface area (Å²) in [6.45, 7) is 0. The normalized spacial score (nSPS) is 12.9. The smallest absolute Gasteiger partial charge is 0.359 e. The molecule has 1 N–H and O–H groups in total. The minimum atomic E-state index is 0.971. The monoisotopic (exact) mass is 472 g/mol. The van der Waals surface area contributed by atoms with Gasteiger partial charge in [-0.05, 0) is 29.7 Å². The van der Waals surface area contributed by atoms with Crippen LogP contribution in [0.4, 0.5) is 0 Å². The Morgan fingerprint density at radius 2 is 1.54 bits per heavy atom. The van der Waals surface area contributed by atoms with Crippen molar-refractivity contribution in [2.75, 3.05) is 0 Å². The van der Waals surface area contributed by atoms with Gasteiger partial charge in [0.2, 0.25) is 16.6 Å². The van der Waals surface area contributed by atoms with Crippen molar-refractivity contribution in [1.29, 1.82) is 0 Å². The van der Waals surface area contributed by atoms with E-state index in [1.54, 1.807) is 0 Å². The average Bonchev–Trinajstić information content (AvgIpc) is 3.38. The van der Waals surface area contributed by atoms with Gasteiger partial charge in [0, 0.05) is 58.3 Å². The summed E-state index contributed by atoms with van der Waals surface area (Å²) in [5.74, 6) is 0. The first-order valence-electron chi connectivity index (χ1n) is 12.4. The fourth-order valence-electron chi connectivity index (χ4n) is 6.58. The number of nitrogens with one attached hydrogen (secondary N) is 1. The van der Waals surface area contributed by atoms with Crippen molar-refractivity contribution in [3.05, 3.63) is 91.5 Å². The number of hydrogen-bond donors (Lipinski definition) is 1. The SMILES string of the molecule is c1cc2c(ccc3cc4ccc5c6c(cc7ncc8[nH]cc9ccc6c7c98)nc6ccc([n+]32)[n+]4c65)cn1. The van der Waals surface area contributed by atoms with Crippen LogP contribution in [0.2, 0.25) is 0 Å². The van der Waals surface area contributed by atoms with E-state index in [1.165, 1.54) is 32.3 Å². The summed E-state index contributed by atoms with van der Waals surface area (Å²) < 4.78 is 4.67. The summed E-state index contributed by atoms with van der Waals surface area (Å²) in [5, 5.41) is 8.32. The van der Waals surface area contributed by atoms with Gasteiger partial charge in [0.25, 0.3) is 5.52 Å². The Hall–Kier alpha value is -5.23. The van der Waals surface area contributed by atoms with Crippen LogP contribution in [0.25, 0.3) is 87.5 Å². The largest absolute Gasteiger partial charge is 0.456 e. The number of hydrogen-bond acceptors (Lipinski definition) is 3. The second-order valence-electron chi connectivity index (χ2n) is 9.92. The van der Waals surface area contributed by atoms with Gasteiger partial charge in [0.05, 0.1) is 45.7 Å². The van der Waals surface area contributed by atoms with Gasteiger partial charge in [-0.25, -0.2) is 4.98 Å². The molecule has 0 bridgehead atoms. The summed E-state index contributed by atoms with van der Waals surface area (Å²) in [5.41, 5.74) is 9.65. The molecule has 37 heavy (non-hydrogen) atoms. The maximum Gasteiger partial charge on any atom is 0.456 e. The predicted molar refractivity (Wildman–Crippen MR) is 145 cm³/mol. The zero-order valence-electron chi connectivity index (χ0n) is 19.4. The maximum absolute atomic E-state index is 5.20. The van der Waals surface area contributed by atoms with Gasteiger partial charge in [-0.2, -0.15) is 0 Å². The molecule has 0 spiro atoms. The van der Waals surface area contributed by atoms with E-state index in [0.717, 1.165) is 55.2 Å². The fraction of sp³-hybridized carbons (Fsp3) is 0. The Labute approximate surface area is 207 Å². The predicted octanol–water partition coefficient (Wildman–Crippen LogP) is 5.63. The molecular formula is C31H16N6+2. The third-order valence-corrected chi connectivity index (χ3v) is 8.09. The number of H-pyrrole nitrogens is 1. The van der Waals surface area contributed by atoms with Crippen LogP contribution in [-0.2, 0) is 0 Å². The number of benzene rings is 2. The van der Waals surface area contributed by atoms with Crippen LogP contribution in [0.15, 0.2) is 91.5 Å². The van der Waals surface area contributed by atoms with Crippen molar-refractivity contribution in [2.45, 2.75) is 0 Å². The lowest BCUT2D eigenvalue weighted by Crippen LogP contribution is -2.39. The first kappa shape index (κ1) is 18.1. The summed E-state index contributed by atoms with van der Waals surface area (Å²) in [6, 6.07) is 24.0. The number of aromatic amines is 1. The standard InChI is InChI=1S/C31H15N6/c1-3-18-11-19-4-6-21-29-20-5-2-17-14-33-25-15-34-23(30(20)28(17)25)12-24(29)35-22-7-8-27(37(19)31(21)22)36(18)26-9-10-32-13-16(1)26/h1-15H/q+1/p+1. The van der Waals surface area contributed by atoms with Crippen LogP contribution in [-0.4, -0.2) is 19.9 Å². The highest BCUT2D eigenvalue weighted by atomic mass is 15.1. The Bertz CT molecular complexity index is 2560. The molecule has 0 radical (unpaired) electrons. The minimum absolute atomic E-state index is 0.971. The quantitative estimate of drug-likeness (QED) is 0.177. The molecule has 8 aromatic heterocycles. The van der Waals surface area contributed by atoms with Crippen LogP contribution in [0.5, 0.6) is 0 Å². The van der Waals surface area contributed by atoms with E-state index < -0.39 is 0 Å². The molecule has 6 nitrogen and oxygen atoms in total. The molecule has 2 aromatic carbocycles. The molecule has 168 valence electrons. The van der Waals surface area contributed by atoms with Crippen molar-refractivity contribution in [3.8, 4) is 0 Å². The van der Waals surface area contributed by atoms with Gasteiger partial charge in [0.1, 0.15) is 5.52 Å². The van der Waals surface area contributed by atoms with Gasteiger partial charge in [0.15, 0.2) is 0 Å². The summed E-state index contributed by atoms with van der Waals surface area (Å²) in [4.78, 5) is 17.7. The summed E-state index contributed by atoms with van der Waals surface area (Å²) in [6.07, 6.45) is 7.78. The van der Waals surface area contributed by atoms with Crippen LogP contribution in [0, 0.1) is 0 Å². The summed E-state index contributed by atoms with van der Waals surface area (Å²) >= 11 is 0. The molecular weight excluding hydrogens is 456 g/mol. The molecule has 6 heteroatoms. The number of pyridine rings is 6. The fourth-order valence-corrected chi connectivity index (χ4v) is 6.58. The van der Waals surface area contributed by atoms with Crippen LogP contribution >= 0.6 is 0 Å². The zero-order chi connectivity index (χ0) is 23.8. The van der Waals surface area contributed by atoms with E-state index in [4.69, 9.17) is 9.97 Å². The molecule has 8 heterocycles. The Kier molecular flexibility index (Phi) is 2.90. The van der Waals surface area contributed by atoms with Crippen LogP contribution in [0.3, 0.4) is 0 Å². The molecule has 0 aliphatic heterocycles. The number of rotatable bonds is 0. The van der Waals surface area contributed by atoms with Gasteiger partial charge in [-0.1, -0.05) is 20.9 Å². The highest BCUT2D eigenvalue weighted by Crippen LogP contribution is 2.39. The highest BCUT2D eigenvalue weighted by Gasteiger charge is 2.28. The van der Waals surface area contributed by atoms with Crippen LogP contribution in [0.1, 0.15) is 0 Å². The van der Waals surface area contributed by atoms with E-state index in [9.17, 15) is 0 Å². The lowest BCUT2D eigenvalue weighted by Gasteiger charge is -2.11. The number of nitrogens with zero attached hydrogens (tertiary/aromatic N) is 5. The zero-order valence-corrected chi connectivity index (χ0v) is 19.4. The Morgan fingerprint density at radius 1 is 0.649 bits per heavy atom. The second-order valence-corrected chi connectivity index (χ2v) is 9.92. The molecule has 0 aliphatic rings. The van der Waals surface area contributed by atoms with Gasteiger partial charge < -0.3 is 4.98 Å². The lowest BCUT2D eigenvalue weighted by atomic mass is 9.96. The molecule has 0 aliphatic carbocycles. The van der Waals surface area contributed by atoms with Gasteiger partial charge in [-0.15, -0.1) is 0 Å². The third-order valence-electron chi connectivity index (χ3n) is 8.09. The second kappa shape index (κ2) is 5.94. The van der Waals surface area contributed by atoms with E-state index in [0.29, 0.717) is 0 Å². The molecule has 10 aromatic rings. The summed E-state index contributed by atoms with van der Waals surface area (Å²) in [7, 11) is 0. The van der Waals surface area contributed by atoms with E-state index >= 15 is 0 Å². The molecule has 0 saturated heterocycles. The van der Waals surface area contributed by atoms with Gasteiger partial charge in [-0.3, -0.25) is 9.97 Å². The number of aromatic nitrogens is 6. The van der Waals surface area contributed by atoms with Gasteiger partial charge >= 0.3 is 5.65 Å². The van der Waals surface area contributed by atoms with E-state index in [2.05, 4.69) is 91.7 Å². The molecule has 0 unspecified atom stereocenters. The first-order chi connectivity index (χ1) is 18.3. The molecule has 0 atom stereocenters. The Balaban J connectivity index is 1.50. The minimum Gasteiger partial charge on any atom is -0.359 e. The number of fused-ring (bicyclic) bond motifs is 7. The van der Waals surface area contributed by atoms with Crippen molar-refractivity contribution < 1.29 is 8.80 Å². The van der Waals surface area contributed by atoms with Crippen LogP contribution < -0.4 is 8.80 Å². The Morgan fingerprint density at radius 3 is 2.54 bits per heavy atom. The molecule has 0 amide bonds. The highest BCUT2D eigenvalue weighted by molar-refractivity contribution is 6.31. The lowest BCUT2D eigenvalue weighted by molar-refractivity contribution is -0.577. The van der Waals surface area contributed by atoms with E-state index in [1.807, 2.05) is 18.6 Å². The molecule has 10 rings (SSSR count). The molecule has 0 saturated carbocycles. The van der Waals surface area contributed by atoms with E-state index in [-0.39, 0.29) is 0 Å². The van der Waals surface area contributed by atoms with Crippen molar-refractivity contribution >= 4 is 87.5 Å². The maximum atomic E-state index is 5.20. The topological polar surface area (TPSA) is 62.7 Å². The van der Waals surface area contributed by atoms with Crippen molar-refractivity contribution in [2.24, 2.45) is 0 Å². The van der Waals surface area contributed by atoms with Crippen molar-refractivity contribution in [3.63, 3.8) is 0 Å².